The zero-order valence-electron chi connectivity index (χ0n) is 6.79. The Hall–Kier alpha value is -1.57. The predicted octanol–water partition coefficient (Wildman–Crippen LogP) is 2.29. The van der Waals surface area contributed by atoms with Crippen molar-refractivity contribution in [3.8, 4) is 0 Å². The number of hydrogen-bond acceptors (Lipinski definition) is 1. The molecule has 0 atom stereocenters. The fourth-order valence-electron chi connectivity index (χ4n) is 1.36. The van der Waals surface area contributed by atoms with E-state index >= 15 is 0 Å². The van der Waals surface area contributed by atoms with Crippen LogP contribution in [-0.2, 0) is 0 Å². The number of aryl methyl sites for hydroxylation is 1. The van der Waals surface area contributed by atoms with Gasteiger partial charge in [0.05, 0.1) is 0 Å². The van der Waals surface area contributed by atoms with Crippen LogP contribution >= 0.6 is 0 Å². The van der Waals surface area contributed by atoms with Crippen LogP contribution in [0.5, 0.6) is 0 Å². The highest BCUT2D eigenvalue weighted by Gasteiger charge is 1.99. The van der Waals surface area contributed by atoms with Crippen LogP contribution in [0.4, 0.5) is 0 Å². The lowest BCUT2D eigenvalue weighted by molar-refractivity contribution is 0.112. The quantitative estimate of drug-likeness (QED) is 0.636. The van der Waals surface area contributed by atoms with Gasteiger partial charge in [-0.05, 0) is 36.1 Å². The van der Waals surface area contributed by atoms with Crippen LogP contribution in [0, 0.1) is 6.92 Å². The third kappa shape index (κ3) is 0.925. The third-order valence-corrected chi connectivity index (χ3v) is 2.07. The fourth-order valence-corrected chi connectivity index (χ4v) is 1.36. The number of fused-ring (bicyclic) bond motifs is 1. The van der Waals surface area contributed by atoms with Crippen molar-refractivity contribution in [2.45, 2.75) is 6.92 Å². The van der Waals surface area contributed by atoms with Gasteiger partial charge in [0.15, 0.2) is 0 Å². The molecular weight excluding hydrogens is 150 g/mol. The van der Waals surface area contributed by atoms with Crippen LogP contribution in [0.2, 0.25) is 0 Å². The number of H-pyrrole nitrogens is 1. The number of hydrogen-bond donors (Lipinski definition) is 1. The Kier molecular flexibility index (Phi) is 1.47. The van der Waals surface area contributed by atoms with Crippen molar-refractivity contribution in [3.63, 3.8) is 0 Å². The highest BCUT2D eigenvalue weighted by Crippen LogP contribution is 2.16. The van der Waals surface area contributed by atoms with Crippen molar-refractivity contribution < 1.29 is 4.79 Å². The summed E-state index contributed by atoms with van der Waals surface area (Å²) in [6, 6.07) is 5.88. The van der Waals surface area contributed by atoms with Crippen LogP contribution in [0.25, 0.3) is 10.9 Å². The van der Waals surface area contributed by atoms with Crippen molar-refractivity contribution in [1.82, 2.24) is 4.98 Å². The minimum atomic E-state index is 0.755. The van der Waals surface area contributed by atoms with E-state index in [4.69, 9.17) is 0 Å². The molecule has 0 bridgehead atoms. The van der Waals surface area contributed by atoms with Gasteiger partial charge >= 0.3 is 0 Å². The number of aldehydes is 1. The molecule has 2 rings (SSSR count). The number of rotatable bonds is 1. The zero-order chi connectivity index (χ0) is 8.55. The number of aromatic nitrogens is 1. The monoisotopic (exact) mass is 159 g/mol. The molecule has 0 aliphatic carbocycles. The van der Waals surface area contributed by atoms with Gasteiger partial charge in [-0.15, -0.1) is 0 Å². The number of benzene rings is 1. The summed E-state index contributed by atoms with van der Waals surface area (Å²) in [4.78, 5) is 13.6. The molecule has 0 radical (unpaired) electrons. The smallest absolute Gasteiger partial charge is 0.150 e. The molecule has 1 N–H and O–H groups in total. The molecule has 1 aromatic carbocycles. The van der Waals surface area contributed by atoms with Gasteiger partial charge in [-0.25, -0.2) is 0 Å². The van der Waals surface area contributed by atoms with Crippen molar-refractivity contribution in [3.05, 3.63) is 35.5 Å². The van der Waals surface area contributed by atoms with E-state index in [0.717, 1.165) is 28.3 Å². The second kappa shape index (κ2) is 2.48. The molecule has 1 aromatic heterocycles. The summed E-state index contributed by atoms with van der Waals surface area (Å²) in [5.74, 6) is 0. The minimum absolute atomic E-state index is 0.755. The van der Waals surface area contributed by atoms with Gasteiger partial charge in [-0.2, -0.15) is 0 Å². The van der Waals surface area contributed by atoms with Crippen LogP contribution < -0.4 is 0 Å². The van der Waals surface area contributed by atoms with E-state index in [-0.39, 0.29) is 0 Å². The number of carbonyl (C=O) groups excluding carboxylic acids is 1. The van der Waals surface area contributed by atoms with E-state index in [2.05, 4.69) is 4.98 Å². The van der Waals surface area contributed by atoms with E-state index in [1.54, 1.807) is 0 Å². The number of nitrogens with one attached hydrogen (secondary N) is 1. The first-order valence-electron chi connectivity index (χ1n) is 3.84. The second-order valence-corrected chi connectivity index (χ2v) is 2.89. The predicted molar refractivity (Wildman–Crippen MR) is 48.4 cm³/mol. The molecule has 0 spiro atoms. The molecule has 0 fully saturated rings. The van der Waals surface area contributed by atoms with E-state index in [1.807, 2.05) is 31.3 Å². The lowest BCUT2D eigenvalue weighted by Gasteiger charge is -1.97. The van der Waals surface area contributed by atoms with Crippen LogP contribution in [-0.4, -0.2) is 11.3 Å². The highest BCUT2D eigenvalue weighted by atomic mass is 16.1. The van der Waals surface area contributed by atoms with Gasteiger partial charge < -0.3 is 4.98 Å². The summed E-state index contributed by atoms with van der Waals surface area (Å²) in [5.41, 5.74) is 2.80. The van der Waals surface area contributed by atoms with Gasteiger partial charge in [0.2, 0.25) is 0 Å². The number of carbonyl (C=O) groups is 1. The summed E-state index contributed by atoms with van der Waals surface area (Å²) >= 11 is 0. The Labute approximate surface area is 70.2 Å². The van der Waals surface area contributed by atoms with Gasteiger partial charge in [-0.1, -0.05) is 0 Å². The Balaban J connectivity index is 2.81. The first kappa shape index (κ1) is 7.10. The highest BCUT2D eigenvalue weighted by molar-refractivity contribution is 5.88. The Morgan fingerprint density at radius 3 is 3.00 bits per heavy atom. The third-order valence-electron chi connectivity index (χ3n) is 2.07. The first-order valence-corrected chi connectivity index (χ1v) is 3.84. The normalized spacial score (nSPS) is 10.4. The maximum atomic E-state index is 10.6. The number of aromatic amines is 1. The lowest BCUT2D eigenvalue weighted by atomic mass is 10.1. The Morgan fingerprint density at radius 1 is 1.42 bits per heavy atom. The molecule has 12 heavy (non-hydrogen) atoms. The molecule has 1 heterocycles. The fraction of sp³-hybridized carbons (Fsp3) is 0.100. The van der Waals surface area contributed by atoms with Gasteiger partial charge in [0, 0.05) is 17.3 Å². The van der Waals surface area contributed by atoms with E-state index in [1.165, 1.54) is 0 Å². The molecule has 2 heteroatoms. The van der Waals surface area contributed by atoms with Gasteiger partial charge in [0.25, 0.3) is 0 Å². The van der Waals surface area contributed by atoms with E-state index < -0.39 is 0 Å². The summed E-state index contributed by atoms with van der Waals surface area (Å²) in [6.45, 7) is 1.94. The Bertz CT molecular complexity index is 428. The molecule has 2 aromatic rings. The first-order chi connectivity index (χ1) is 5.81. The SMILES string of the molecule is Cc1cc2cc[nH]c2cc1C=O. The molecule has 0 aliphatic rings. The molecule has 0 amide bonds. The van der Waals surface area contributed by atoms with Crippen LogP contribution in [0.15, 0.2) is 24.4 Å². The molecule has 0 saturated carbocycles. The largest absolute Gasteiger partial charge is 0.361 e. The standard InChI is InChI=1S/C10H9NO/c1-7-4-8-2-3-11-10(8)5-9(7)6-12/h2-6,11H,1H3. The summed E-state index contributed by atoms with van der Waals surface area (Å²) < 4.78 is 0. The van der Waals surface area contributed by atoms with E-state index in [9.17, 15) is 4.79 Å². The van der Waals surface area contributed by atoms with Crippen molar-refractivity contribution in [2.24, 2.45) is 0 Å². The average Bonchev–Trinajstić information content (AvgIpc) is 2.49. The zero-order valence-corrected chi connectivity index (χ0v) is 6.79. The van der Waals surface area contributed by atoms with Crippen molar-refractivity contribution in [2.75, 3.05) is 0 Å². The molecule has 0 unspecified atom stereocenters. The van der Waals surface area contributed by atoms with Gasteiger partial charge in [0.1, 0.15) is 6.29 Å². The maximum Gasteiger partial charge on any atom is 0.150 e. The van der Waals surface area contributed by atoms with Crippen LogP contribution in [0.3, 0.4) is 0 Å². The van der Waals surface area contributed by atoms with Crippen LogP contribution in [0.1, 0.15) is 15.9 Å². The Morgan fingerprint density at radius 2 is 2.25 bits per heavy atom. The second-order valence-electron chi connectivity index (χ2n) is 2.89. The summed E-state index contributed by atoms with van der Waals surface area (Å²) in [5, 5.41) is 1.15. The average molecular weight is 159 g/mol. The topological polar surface area (TPSA) is 32.9 Å². The lowest BCUT2D eigenvalue weighted by Crippen LogP contribution is -1.85. The molecule has 2 nitrogen and oxygen atoms in total. The molecule has 60 valence electrons. The minimum Gasteiger partial charge on any atom is -0.361 e. The summed E-state index contributed by atoms with van der Waals surface area (Å²) in [6.07, 6.45) is 2.76. The van der Waals surface area contributed by atoms with Crippen molar-refractivity contribution in [1.29, 1.82) is 0 Å². The molecule has 0 saturated heterocycles. The van der Waals surface area contributed by atoms with Crippen molar-refractivity contribution >= 4 is 17.2 Å². The van der Waals surface area contributed by atoms with E-state index in [0.29, 0.717) is 0 Å². The maximum absolute atomic E-state index is 10.6. The molecular formula is C10H9NO. The summed E-state index contributed by atoms with van der Waals surface area (Å²) in [7, 11) is 0. The molecule has 0 aliphatic heterocycles. The van der Waals surface area contributed by atoms with Gasteiger partial charge in [-0.3, -0.25) is 4.79 Å².